The lowest BCUT2D eigenvalue weighted by atomic mass is 9.95. The third-order valence-corrected chi connectivity index (χ3v) is 5.96. The van der Waals surface area contributed by atoms with Gasteiger partial charge in [0.1, 0.15) is 6.10 Å². The molecule has 31 heavy (non-hydrogen) atoms. The van der Waals surface area contributed by atoms with Crippen LogP contribution in [0.5, 0.6) is 6.01 Å². The molecular formula is C22H30F2N4O3. The van der Waals surface area contributed by atoms with E-state index in [0.717, 1.165) is 42.4 Å². The van der Waals surface area contributed by atoms with Gasteiger partial charge in [0.2, 0.25) is 5.91 Å². The van der Waals surface area contributed by atoms with E-state index in [1.54, 1.807) is 4.90 Å². The number of rotatable bonds is 7. The van der Waals surface area contributed by atoms with Crippen LogP contribution in [0.15, 0.2) is 18.2 Å². The van der Waals surface area contributed by atoms with Crippen LogP contribution in [0.25, 0.3) is 11.0 Å². The molecule has 7 nitrogen and oxygen atoms in total. The number of hydrogen-bond donors (Lipinski definition) is 1. The number of imidazole rings is 1. The van der Waals surface area contributed by atoms with E-state index in [1.165, 1.54) is 6.92 Å². The van der Waals surface area contributed by atoms with Crippen LogP contribution < -0.4 is 15.0 Å². The van der Waals surface area contributed by atoms with Crippen LogP contribution in [-0.2, 0) is 16.6 Å². The topological polar surface area (TPSA) is 68.6 Å². The summed E-state index contributed by atoms with van der Waals surface area (Å²) in [5.41, 5.74) is 2.43. The fraction of sp³-hybridized carbons (Fsp3) is 0.636. The molecule has 2 fully saturated rings. The molecule has 0 bridgehead atoms. The summed E-state index contributed by atoms with van der Waals surface area (Å²) in [4.78, 5) is 17.3. The van der Waals surface area contributed by atoms with Crippen molar-refractivity contribution in [2.24, 2.45) is 7.05 Å². The highest BCUT2D eigenvalue weighted by atomic mass is 19.3. The lowest BCUT2D eigenvalue weighted by molar-refractivity contribution is -0.120. The number of nitrogens with zero attached hydrogens (tertiary/aromatic N) is 3. The number of fused-ring (bicyclic) bond motifs is 1. The Morgan fingerprint density at radius 2 is 1.94 bits per heavy atom. The number of carbonyl (C=O) groups excluding carboxylic acids is 1. The molecule has 1 N–H and O–H groups in total. The fourth-order valence-corrected chi connectivity index (χ4v) is 4.29. The summed E-state index contributed by atoms with van der Waals surface area (Å²) in [7, 11) is 1.89. The van der Waals surface area contributed by atoms with Crippen molar-refractivity contribution in [3.63, 3.8) is 0 Å². The Hall–Kier alpha value is -2.42. The highest BCUT2D eigenvalue weighted by molar-refractivity contribution is 5.81. The van der Waals surface area contributed by atoms with Crippen molar-refractivity contribution in [2.75, 3.05) is 24.6 Å². The Morgan fingerprint density at radius 1 is 1.26 bits per heavy atom. The first-order valence-electron chi connectivity index (χ1n) is 10.8. The molecule has 4 rings (SSSR count). The molecule has 1 aliphatic heterocycles. The highest BCUT2D eigenvalue weighted by Gasteiger charge is 2.44. The first-order chi connectivity index (χ1) is 14.7. The fourth-order valence-electron chi connectivity index (χ4n) is 4.29. The van der Waals surface area contributed by atoms with Crippen LogP contribution in [0.3, 0.4) is 0 Å². The van der Waals surface area contributed by atoms with Gasteiger partial charge in [-0.3, -0.25) is 9.36 Å². The molecule has 170 valence electrons. The smallest absolute Gasteiger partial charge is 0.297 e. The van der Waals surface area contributed by atoms with Crippen LogP contribution in [0.1, 0.15) is 39.5 Å². The second-order valence-corrected chi connectivity index (χ2v) is 8.79. The molecule has 1 aromatic heterocycles. The number of hydrogen-bond acceptors (Lipinski definition) is 5. The minimum absolute atomic E-state index is 0.00106. The van der Waals surface area contributed by atoms with Gasteiger partial charge >= 0.3 is 0 Å². The molecule has 1 atom stereocenters. The van der Waals surface area contributed by atoms with Gasteiger partial charge in [0, 0.05) is 25.7 Å². The number of aromatic nitrogens is 2. The molecule has 1 aromatic carbocycles. The SMILES string of the molecule is CC(=O)N[C@@H](C)CO[C@H]1CC[C@H](Oc2nc3ccc(N4CC(F)(F)C4)cc3n2C)CC1. The van der Waals surface area contributed by atoms with E-state index in [0.29, 0.717) is 12.6 Å². The predicted molar refractivity (Wildman–Crippen MR) is 114 cm³/mol. The number of alkyl halides is 2. The van der Waals surface area contributed by atoms with E-state index in [1.807, 2.05) is 36.7 Å². The normalized spacial score (nSPS) is 24.0. The van der Waals surface area contributed by atoms with Crippen LogP contribution in [-0.4, -0.2) is 59.3 Å². The lowest BCUT2D eigenvalue weighted by Gasteiger charge is -2.40. The number of anilines is 1. The number of carbonyl (C=O) groups is 1. The summed E-state index contributed by atoms with van der Waals surface area (Å²) in [5, 5.41) is 2.83. The Balaban J connectivity index is 1.31. The maximum atomic E-state index is 13.2. The van der Waals surface area contributed by atoms with Gasteiger partial charge in [-0.25, -0.2) is 8.78 Å². The molecule has 9 heteroatoms. The van der Waals surface area contributed by atoms with Crippen molar-refractivity contribution in [3.8, 4) is 6.01 Å². The Bertz CT molecular complexity index is 932. The Labute approximate surface area is 180 Å². The van der Waals surface area contributed by atoms with Gasteiger partial charge < -0.3 is 19.7 Å². The van der Waals surface area contributed by atoms with E-state index in [4.69, 9.17) is 9.47 Å². The second-order valence-electron chi connectivity index (χ2n) is 8.79. The highest BCUT2D eigenvalue weighted by Crippen LogP contribution is 2.34. The quantitative estimate of drug-likeness (QED) is 0.722. The molecule has 1 aliphatic carbocycles. The summed E-state index contributed by atoms with van der Waals surface area (Å²) >= 11 is 0. The predicted octanol–water partition coefficient (Wildman–Crippen LogP) is 3.26. The lowest BCUT2D eigenvalue weighted by Crippen LogP contribution is -2.56. The van der Waals surface area contributed by atoms with Crippen molar-refractivity contribution in [1.82, 2.24) is 14.9 Å². The first-order valence-corrected chi connectivity index (χ1v) is 10.8. The molecule has 2 aromatic rings. The van der Waals surface area contributed by atoms with Crippen molar-refractivity contribution < 1.29 is 23.0 Å². The van der Waals surface area contributed by atoms with Crippen LogP contribution in [0.2, 0.25) is 0 Å². The molecule has 1 saturated carbocycles. The second kappa shape index (κ2) is 8.61. The van der Waals surface area contributed by atoms with E-state index < -0.39 is 5.92 Å². The van der Waals surface area contributed by atoms with Gasteiger partial charge in [0.05, 0.1) is 36.8 Å². The van der Waals surface area contributed by atoms with E-state index in [-0.39, 0.29) is 37.2 Å². The maximum Gasteiger partial charge on any atom is 0.297 e. The largest absolute Gasteiger partial charge is 0.461 e. The summed E-state index contributed by atoms with van der Waals surface area (Å²) in [5.74, 6) is -2.65. The van der Waals surface area contributed by atoms with E-state index in [2.05, 4.69) is 10.3 Å². The number of ether oxygens (including phenoxy) is 2. The molecule has 2 aliphatic rings. The third kappa shape index (κ3) is 5.08. The Kier molecular flexibility index (Phi) is 6.05. The monoisotopic (exact) mass is 436 g/mol. The number of benzene rings is 1. The van der Waals surface area contributed by atoms with Gasteiger partial charge in [-0.05, 0) is 50.8 Å². The Morgan fingerprint density at radius 3 is 2.58 bits per heavy atom. The third-order valence-electron chi connectivity index (χ3n) is 5.96. The maximum absolute atomic E-state index is 13.2. The number of amides is 1. The zero-order valence-electron chi connectivity index (χ0n) is 18.2. The standard InChI is InChI=1S/C22H30F2N4O3/c1-14(25-15(2)29)11-30-17-5-7-18(8-6-17)31-21-26-19-9-4-16(10-20(19)27(21)3)28-12-22(23,24)13-28/h4,9-10,14,17-18H,5-8,11-13H2,1-3H3,(H,25,29)/t14-,17-,18-/m0/s1. The minimum atomic E-state index is -2.60. The molecular weight excluding hydrogens is 406 g/mol. The average Bonchev–Trinajstić information content (AvgIpc) is 3.00. The van der Waals surface area contributed by atoms with Gasteiger partial charge in [0.15, 0.2) is 0 Å². The van der Waals surface area contributed by atoms with Crippen molar-refractivity contribution in [1.29, 1.82) is 0 Å². The average molecular weight is 437 g/mol. The number of aryl methyl sites for hydroxylation is 1. The van der Waals surface area contributed by atoms with Gasteiger partial charge in [-0.1, -0.05) is 0 Å². The van der Waals surface area contributed by atoms with Gasteiger partial charge in [-0.15, -0.1) is 0 Å². The molecule has 0 unspecified atom stereocenters. The molecule has 0 spiro atoms. The number of halogens is 2. The van der Waals surface area contributed by atoms with Gasteiger partial charge in [0.25, 0.3) is 11.9 Å². The summed E-state index contributed by atoms with van der Waals surface area (Å²) < 4.78 is 40.4. The van der Waals surface area contributed by atoms with Crippen LogP contribution >= 0.6 is 0 Å². The molecule has 1 amide bonds. The zero-order chi connectivity index (χ0) is 22.2. The molecule has 0 radical (unpaired) electrons. The van der Waals surface area contributed by atoms with Gasteiger partial charge in [-0.2, -0.15) is 4.98 Å². The van der Waals surface area contributed by atoms with Crippen molar-refractivity contribution >= 4 is 22.6 Å². The van der Waals surface area contributed by atoms with Crippen molar-refractivity contribution in [2.45, 2.75) is 63.7 Å². The summed E-state index contributed by atoms with van der Waals surface area (Å²) in [6.45, 7) is 3.46. The number of nitrogens with one attached hydrogen (secondary N) is 1. The summed E-state index contributed by atoms with van der Waals surface area (Å²) in [6, 6.07) is 6.13. The minimum Gasteiger partial charge on any atom is -0.461 e. The van der Waals surface area contributed by atoms with Crippen molar-refractivity contribution in [3.05, 3.63) is 18.2 Å². The van der Waals surface area contributed by atoms with E-state index >= 15 is 0 Å². The van der Waals surface area contributed by atoms with E-state index in [9.17, 15) is 13.6 Å². The molecule has 1 saturated heterocycles. The summed E-state index contributed by atoms with van der Waals surface area (Å²) in [6.07, 6.45) is 3.78. The first kappa shape index (κ1) is 21.8. The van der Waals surface area contributed by atoms with Crippen LogP contribution in [0, 0.1) is 0 Å². The van der Waals surface area contributed by atoms with Crippen LogP contribution in [0.4, 0.5) is 14.5 Å². The zero-order valence-corrected chi connectivity index (χ0v) is 18.2. The molecule has 2 heterocycles.